The molecule has 152 valence electrons. The van der Waals surface area contributed by atoms with E-state index in [9.17, 15) is 0 Å². The summed E-state index contributed by atoms with van der Waals surface area (Å²) in [6, 6.07) is 11.2. The molecule has 0 aliphatic heterocycles. The molecule has 8 nitrogen and oxygen atoms in total. The van der Waals surface area contributed by atoms with E-state index in [4.69, 9.17) is 31.2 Å². The second kappa shape index (κ2) is 9.24. The van der Waals surface area contributed by atoms with Gasteiger partial charge in [-0.15, -0.1) is 0 Å². The van der Waals surface area contributed by atoms with Crippen LogP contribution < -0.4 is 18.9 Å². The number of rotatable bonds is 8. The normalized spacial score (nSPS) is 10.9. The van der Waals surface area contributed by atoms with Crippen molar-refractivity contribution >= 4 is 18.4 Å². The Labute approximate surface area is 173 Å². The molecule has 0 bridgehead atoms. The average molecular weight is 414 g/mol. The third-order valence-electron chi connectivity index (χ3n) is 4.10. The van der Waals surface area contributed by atoms with E-state index in [1.165, 1.54) is 4.68 Å². The van der Waals surface area contributed by atoms with Gasteiger partial charge in [0.15, 0.2) is 17.3 Å². The van der Waals surface area contributed by atoms with E-state index in [1.54, 1.807) is 33.6 Å². The van der Waals surface area contributed by atoms with Crippen molar-refractivity contribution in [3.63, 3.8) is 0 Å². The number of methoxy groups -OCH3 is 3. The standard InChI is InChI=1S/C20H22N4O4S/c1-5-28-15-8-6-7-13(11-15)19-22-23-20(29)24(19)21-12-14-9-10-16(25-2)18(27-4)17(14)26-3/h6-12H,5H2,1-4H3,(H,23,29)/b21-12-. The molecule has 9 heteroatoms. The average Bonchev–Trinajstić information content (AvgIpc) is 3.12. The summed E-state index contributed by atoms with van der Waals surface area (Å²) in [5, 5.41) is 11.6. The van der Waals surface area contributed by atoms with Crippen LogP contribution in [0.4, 0.5) is 0 Å². The molecule has 0 saturated heterocycles. The minimum atomic E-state index is 0.359. The van der Waals surface area contributed by atoms with Crippen LogP contribution in [0.15, 0.2) is 41.5 Å². The molecule has 0 aliphatic carbocycles. The third-order valence-corrected chi connectivity index (χ3v) is 4.36. The maximum Gasteiger partial charge on any atom is 0.216 e. The van der Waals surface area contributed by atoms with Gasteiger partial charge in [0.1, 0.15) is 5.75 Å². The van der Waals surface area contributed by atoms with E-state index < -0.39 is 0 Å². The number of nitrogens with one attached hydrogen (secondary N) is 1. The summed E-state index contributed by atoms with van der Waals surface area (Å²) in [5.41, 5.74) is 1.52. The van der Waals surface area contributed by atoms with Crippen LogP contribution in [0.5, 0.6) is 23.0 Å². The molecule has 0 amide bonds. The minimum Gasteiger partial charge on any atom is -0.494 e. The number of ether oxygens (including phenoxy) is 4. The molecule has 0 radical (unpaired) electrons. The van der Waals surface area contributed by atoms with Crippen LogP contribution in [0.1, 0.15) is 12.5 Å². The predicted octanol–water partition coefficient (Wildman–Crippen LogP) is 3.91. The fourth-order valence-electron chi connectivity index (χ4n) is 2.82. The summed E-state index contributed by atoms with van der Waals surface area (Å²) in [6.07, 6.45) is 1.63. The molecule has 3 aromatic rings. The predicted molar refractivity (Wildman–Crippen MR) is 113 cm³/mol. The van der Waals surface area contributed by atoms with E-state index in [1.807, 2.05) is 37.3 Å². The molecule has 2 aromatic carbocycles. The molecule has 29 heavy (non-hydrogen) atoms. The summed E-state index contributed by atoms with van der Waals surface area (Å²) < 4.78 is 23.7. The molecule has 0 atom stereocenters. The molecule has 1 aromatic heterocycles. The van der Waals surface area contributed by atoms with Crippen LogP contribution in [-0.4, -0.2) is 49.0 Å². The van der Waals surface area contributed by atoms with E-state index >= 15 is 0 Å². The quantitative estimate of drug-likeness (QED) is 0.444. The lowest BCUT2D eigenvalue weighted by Gasteiger charge is -2.13. The first-order valence-electron chi connectivity index (χ1n) is 8.86. The number of aromatic nitrogens is 3. The second-order valence-corrected chi connectivity index (χ2v) is 6.18. The molecular weight excluding hydrogens is 392 g/mol. The Morgan fingerprint density at radius 1 is 1.10 bits per heavy atom. The van der Waals surface area contributed by atoms with Gasteiger partial charge in [-0.25, -0.2) is 5.10 Å². The van der Waals surface area contributed by atoms with Gasteiger partial charge >= 0.3 is 0 Å². The lowest BCUT2D eigenvalue weighted by molar-refractivity contribution is 0.324. The van der Waals surface area contributed by atoms with Crippen molar-refractivity contribution in [3.8, 4) is 34.4 Å². The summed E-state index contributed by atoms with van der Waals surface area (Å²) in [5.74, 6) is 2.86. The first-order chi connectivity index (χ1) is 14.1. The Balaban J connectivity index is 2.02. The fraction of sp³-hybridized carbons (Fsp3) is 0.250. The van der Waals surface area contributed by atoms with E-state index in [-0.39, 0.29) is 0 Å². The van der Waals surface area contributed by atoms with E-state index in [0.29, 0.717) is 40.0 Å². The summed E-state index contributed by atoms with van der Waals surface area (Å²) in [6.45, 7) is 2.51. The molecular formula is C20H22N4O4S. The first kappa shape index (κ1) is 20.4. The third kappa shape index (κ3) is 4.24. The van der Waals surface area contributed by atoms with E-state index in [2.05, 4.69) is 15.3 Å². The topological polar surface area (TPSA) is 82.9 Å². The molecule has 0 spiro atoms. The number of aromatic amines is 1. The lowest BCUT2D eigenvalue weighted by Crippen LogP contribution is -2.00. The molecule has 0 fully saturated rings. The van der Waals surface area contributed by atoms with Crippen molar-refractivity contribution in [3.05, 3.63) is 46.7 Å². The number of benzene rings is 2. The van der Waals surface area contributed by atoms with Crippen LogP contribution in [0.25, 0.3) is 11.4 Å². The molecule has 0 unspecified atom stereocenters. The highest BCUT2D eigenvalue weighted by Crippen LogP contribution is 2.39. The molecule has 1 heterocycles. The van der Waals surface area contributed by atoms with Crippen molar-refractivity contribution < 1.29 is 18.9 Å². The summed E-state index contributed by atoms with van der Waals surface area (Å²) in [7, 11) is 4.68. The highest BCUT2D eigenvalue weighted by atomic mass is 32.1. The van der Waals surface area contributed by atoms with Crippen LogP contribution in [0, 0.1) is 4.77 Å². The van der Waals surface area contributed by atoms with Gasteiger partial charge < -0.3 is 18.9 Å². The van der Waals surface area contributed by atoms with Crippen molar-refractivity contribution in [1.82, 2.24) is 14.9 Å². The lowest BCUT2D eigenvalue weighted by atomic mass is 10.2. The Kier molecular flexibility index (Phi) is 6.50. The first-order valence-corrected chi connectivity index (χ1v) is 9.27. The van der Waals surface area contributed by atoms with E-state index in [0.717, 1.165) is 11.3 Å². The Morgan fingerprint density at radius 2 is 1.90 bits per heavy atom. The van der Waals surface area contributed by atoms with Crippen LogP contribution in [-0.2, 0) is 0 Å². The van der Waals surface area contributed by atoms with Gasteiger partial charge in [0.25, 0.3) is 0 Å². The van der Waals surface area contributed by atoms with Gasteiger partial charge in [-0.1, -0.05) is 12.1 Å². The van der Waals surface area contributed by atoms with Gasteiger partial charge in [-0.2, -0.15) is 14.9 Å². The van der Waals surface area contributed by atoms with Crippen molar-refractivity contribution in [2.75, 3.05) is 27.9 Å². The van der Waals surface area contributed by atoms with Crippen LogP contribution >= 0.6 is 12.2 Å². The zero-order chi connectivity index (χ0) is 20.8. The molecule has 3 rings (SSSR count). The Bertz CT molecular complexity index is 1070. The number of H-pyrrole nitrogens is 1. The number of hydrogen-bond acceptors (Lipinski definition) is 7. The van der Waals surface area contributed by atoms with Crippen molar-refractivity contribution in [2.45, 2.75) is 6.92 Å². The SMILES string of the molecule is CCOc1cccc(-c2n[nH]c(=S)n2/N=C\c2ccc(OC)c(OC)c2OC)c1. The van der Waals surface area contributed by atoms with Gasteiger partial charge in [0.2, 0.25) is 10.5 Å². The maximum atomic E-state index is 5.57. The second-order valence-electron chi connectivity index (χ2n) is 5.79. The Hall–Kier alpha value is -3.33. The Morgan fingerprint density at radius 3 is 2.59 bits per heavy atom. The highest BCUT2D eigenvalue weighted by molar-refractivity contribution is 7.71. The molecule has 0 saturated carbocycles. The highest BCUT2D eigenvalue weighted by Gasteiger charge is 2.15. The minimum absolute atomic E-state index is 0.359. The summed E-state index contributed by atoms with van der Waals surface area (Å²) >= 11 is 5.35. The fourth-order valence-corrected chi connectivity index (χ4v) is 3.00. The van der Waals surface area contributed by atoms with Gasteiger partial charge in [0, 0.05) is 11.1 Å². The van der Waals surface area contributed by atoms with Crippen molar-refractivity contribution in [1.29, 1.82) is 0 Å². The molecule has 1 N–H and O–H groups in total. The van der Waals surface area contributed by atoms with Gasteiger partial charge in [-0.05, 0) is 43.4 Å². The smallest absolute Gasteiger partial charge is 0.216 e. The zero-order valence-corrected chi connectivity index (χ0v) is 17.4. The largest absolute Gasteiger partial charge is 0.494 e. The maximum absolute atomic E-state index is 5.57. The number of nitrogens with zero attached hydrogens (tertiary/aromatic N) is 3. The van der Waals surface area contributed by atoms with Crippen LogP contribution in [0.3, 0.4) is 0 Å². The number of hydrogen-bond donors (Lipinski definition) is 1. The van der Waals surface area contributed by atoms with Crippen molar-refractivity contribution in [2.24, 2.45) is 5.10 Å². The van der Waals surface area contributed by atoms with Gasteiger partial charge in [0.05, 0.1) is 34.2 Å². The summed E-state index contributed by atoms with van der Waals surface area (Å²) in [4.78, 5) is 0. The zero-order valence-electron chi connectivity index (χ0n) is 16.6. The monoisotopic (exact) mass is 414 g/mol. The van der Waals surface area contributed by atoms with Gasteiger partial charge in [-0.3, -0.25) is 0 Å². The van der Waals surface area contributed by atoms with Crippen LogP contribution in [0.2, 0.25) is 0 Å². The molecule has 0 aliphatic rings.